The van der Waals surface area contributed by atoms with E-state index in [-0.39, 0.29) is 14.9 Å². The van der Waals surface area contributed by atoms with Gasteiger partial charge in [-0.2, -0.15) is 0 Å². The number of nitrogens with zero attached hydrogens (tertiary/aromatic N) is 1. The number of rotatable bonds is 1. The van der Waals surface area contributed by atoms with E-state index in [2.05, 4.69) is 20.9 Å². The highest BCUT2D eigenvalue weighted by Crippen LogP contribution is 2.27. The summed E-state index contributed by atoms with van der Waals surface area (Å²) >= 11 is 8.17. The third-order valence-electron chi connectivity index (χ3n) is 2.90. The summed E-state index contributed by atoms with van der Waals surface area (Å²) in [4.78, 5) is 2.77. The van der Waals surface area contributed by atoms with Gasteiger partial charge in [0.1, 0.15) is 5.82 Å². The molecule has 3 aromatic rings. The molecule has 1 heterocycles. The standard InChI is InChI=1S/C13H6BrF3N2S/c14-6-4-11-9(5-8(6)16)18-13(20)19(11)10-3-1-2-7(15)12(10)17/h1-5H,(H,18,20). The molecule has 20 heavy (non-hydrogen) atoms. The Kier molecular flexibility index (Phi) is 3.18. The molecule has 7 heteroatoms. The highest BCUT2D eigenvalue weighted by molar-refractivity contribution is 9.10. The van der Waals surface area contributed by atoms with E-state index >= 15 is 0 Å². The van der Waals surface area contributed by atoms with Crippen LogP contribution in [0, 0.1) is 22.2 Å². The monoisotopic (exact) mass is 358 g/mol. The van der Waals surface area contributed by atoms with Gasteiger partial charge in [-0.1, -0.05) is 6.07 Å². The van der Waals surface area contributed by atoms with E-state index in [0.717, 1.165) is 6.07 Å². The summed E-state index contributed by atoms with van der Waals surface area (Å²) < 4.78 is 42.4. The molecule has 0 fully saturated rings. The van der Waals surface area contributed by atoms with Crippen molar-refractivity contribution in [2.75, 3.05) is 0 Å². The van der Waals surface area contributed by atoms with E-state index < -0.39 is 17.5 Å². The van der Waals surface area contributed by atoms with Crippen LogP contribution in [-0.2, 0) is 0 Å². The second-order valence-corrected chi connectivity index (χ2v) is 5.36. The first-order valence-electron chi connectivity index (χ1n) is 5.53. The number of aromatic amines is 1. The van der Waals surface area contributed by atoms with Crippen molar-refractivity contribution in [2.24, 2.45) is 0 Å². The maximum Gasteiger partial charge on any atom is 0.182 e. The number of hydrogen-bond acceptors (Lipinski definition) is 1. The first-order valence-corrected chi connectivity index (χ1v) is 6.73. The Balaban J connectivity index is 2.42. The molecule has 0 aliphatic carbocycles. The highest BCUT2D eigenvalue weighted by atomic mass is 79.9. The molecule has 0 radical (unpaired) electrons. The Morgan fingerprint density at radius 2 is 1.85 bits per heavy atom. The van der Waals surface area contributed by atoms with Gasteiger partial charge in [-0.3, -0.25) is 4.57 Å². The van der Waals surface area contributed by atoms with Crippen molar-refractivity contribution in [1.82, 2.24) is 9.55 Å². The predicted molar refractivity (Wildman–Crippen MR) is 76.0 cm³/mol. The minimum atomic E-state index is -1.01. The number of imidazole rings is 1. The molecule has 0 saturated heterocycles. The average molecular weight is 359 g/mol. The molecular weight excluding hydrogens is 353 g/mol. The number of nitrogens with one attached hydrogen (secondary N) is 1. The lowest BCUT2D eigenvalue weighted by Gasteiger charge is -2.07. The van der Waals surface area contributed by atoms with Crippen LogP contribution >= 0.6 is 28.1 Å². The van der Waals surface area contributed by atoms with Gasteiger partial charge in [0.05, 0.1) is 21.2 Å². The largest absolute Gasteiger partial charge is 0.330 e. The molecule has 0 aliphatic rings. The maximum atomic E-state index is 13.9. The van der Waals surface area contributed by atoms with Crippen LogP contribution in [-0.4, -0.2) is 9.55 Å². The lowest BCUT2D eigenvalue weighted by atomic mass is 10.2. The van der Waals surface area contributed by atoms with Gasteiger partial charge >= 0.3 is 0 Å². The van der Waals surface area contributed by atoms with Crippen molar-refractivity contribution >= 4 is 39.2 Å². The zero-order valence-corrected chi connectivity index (χ0v) is 12.2. The lowest BCUT2D eigenvalue weighted by Crippen LogP contribution is -2.00. The van der Waals surface area contributed by atoms with Gasteiger partial charge in [0.25, 0.3) is 0 Å². The third kappa shape index (κ3) is 1.97. The second kappa shape index (κ2) is 4.75. The first-order chi connectivity index (χ1) is 9.49. The molecule has 0 amide bonds. The van der Waals surface area contributed by atoms with Crippen LogP contribution in [0.25, 0.3) is 16.7 Å². The van der Waals surface area contributed by atoms with Crippen molar-refractivity contribution in [3.05, 3.63) is 57.0 Å². The molecule has 1 N–H and O–H groups in total. The van der Waals surface area contributed by atoms with Crippen LogP contribution in [0.15, 0.2) is 34.8 Å². The summed E-state index contributed by atoms with van der Waals surface area (Å²) in [6.45, 7) is 0. The SMILES string of the molecule is Fc1cc2[nH]c(=S)n(-c3cccc(F)c3F)c2cc1Br. The number of hydrogen-bond donors (Lipinski definition) is 1. The topological polar surface area (TPSA) is 20.7 Å². The Morgan fingerprint density at radius 3 is 2.60 bits per heavy atom. The van der Waals surface area contributed by atoms with Crippen molar-refractivity contribution < 1.29 is 13.2 Å². The van der Waals surface area contributed by atoms with Crippen molar-refractivity contribution in [3.63, 3.8) is 0 Å². The lowest BCUT2D eigenvalue weighted by molar-refractivity contribution is 0.504. The summed E-state index contributed by atoms with van der Waals surface area (Å²) in [7, 11) is 0. The molecule has 0 bridgehead atoms. The summed E-state index contributed by atoms with van der Waals surface area (Å²) in [6, 6.07) is 6.50. The number of halogens is 4. The Bertz CT molecular complexity index is 885. The van der Waals surface area contributed by atoms with Gasteiger partial charge < -0.3 is 4.98 Å². The molecule has 0 saturated carbocycles. The number of aromatic nitrogens is 2. The number of H-pyrrole nitrogens is 1. The Morgan fingerprint density at radius 1 is 1.10 bits per heavy atom. The van der Waals surface area contributed by atoms with Crippen LogP contribution in [0.2, 0.25) is 0 Å². The zero-order chi connectivity index (χ0) is 14.4. The van der Waals surface area contributed by atoms with Gasteiger partial charge in [0.2, 0.25) is 0 Å². The molecule has 0 unspecified atom stereocenters. The smallest absolute Gasteiger partial charge is 0.182 e. The summed E-state index contributed by atoms with van der Waals surface area (Å²) in [6.07, 6.45) is 0. The summed E-state index contributed by atoms with van der Waals surface area (Å²) in [5, 5.41) is 0. The Hall–Kier alpha value is -1.60. The van der Waals surface area contributed by atoms with Gasteiger partial charge in [-0.05, 0) is 46.3 Å². The van der Waals surface area contributed by atoms with Crippen LogP contribution in [0.4, 0.5) is 13.2 Å². The van der Waals surface area contributed by atoms with Crippen molar-refractivity contribution in [2.45, 2.75) is 0 Å². The van der Waals surface area contributed by atoms with Crippen LogP contribution in [0.5, 0.6) is 0 Å². The zero-order valence-electron chi connectivity index (χ0n) is 9.75. The van der Waals surface area contributed by atoms with Crippen LogP contribution in [0.3, 0.4) is 0 Å². The van der Waals surface area contributed by atoms with E-state index in [1.54, 1.807) is 0 Å². The van der Waals surface area contributed by atoms with E-state index in [1.165, 1.54) is 28.8 Å². The first kappa shape index (κ1) is 13.4. The van der Waals surface area contributed by atoms with E-state index in [1.807, 2.05) is 0 Å². The molecule has 0 aliphatic heterocycles. The van der Waals surface area contributed by atoms with E-state index in [0.29, 0.717) is 11.0 Å². The quantitative estimate of drug-likeness (QED) is 0.615. The molecule has 102 valence electrons. The summed E-state index contributed by atoms with van der Waals surface area (Å²) in [5.74, 6) is -2.45. The fourth-order valence-electron chi connectivity index (χ4n) is 2.01. The molecule has 0 atom stereocenters. The van der Waals surface area contributed by atoms with Crippen molar-refractivity contribution in [1.29, 1.82) is 0 Å². The molecule has 3 rings (SSSR count). The number of fused-ring (bicyclic) bond motifs is 1. The van der Waals surface area contributed by atoms with Gasteiger partial charge in [-0.15, -0.1) is 0 Å². The van der Waals surface area contributed by atoms with Gasteiger partial charge in [0, 0.05) is 6.07 Å². The maximum absolute atomic E-state index is 13.9. The second-order valence-electron chi connectivity index (χ2n) is 4.12. The minimum Gasteiger partial charge on any atom is -0.330 e. The number of benzene rings is 2. The summed E-state index contributed by atoms with van der Waals surface area (Å²) in [5.41, 5.74) is 0.826. The van der Waals surface area contributed by atoms with Crippen molar-refractivity contribution in [3.8, 4) is 5.69 Å². The normalized spacial score (nSPS) is 11.2. The van der Waals surface area contributed by atoms with Gasteiger partial charge in [-0.25, -0.2) is 13.2 Å². The Labute approximate surface area is 125 Å². The molecular formula is C13H6BrF3N2S. The average Bonchev–Trinajstić information content (AvgIpc) is 2.69. The van der Waals surface area contributed by atoms with E-state index in [9.17, 15) is 13.2 Å². The fourth-order valence-corrected chi connectivity index (χ4v) is 2.64. The third-order valence-corrected chi connectivity index (χ3v) is 3.79. The molecule has 0 spiro atoms. The predicted octanol–water partition coefficient (Wildman–Crippen LogP) is 4.87. The van der Waals surface area contributed by atoms with Crippen LogP contribution in [0.1, 0.15) is 0 Å². The van der Waals surface area contributed by atoms with Gasteiger partial charge in [0.15, 0.2) is 16.4 Å². The van der Waals surface area contributed by atoms with Crippen LogP contribution < -0.4 is 0 Å². The van der Waals surface area contributed by atoms with E-state index in [4.69, 9.17) is 12.2 Å². The molecule has 2 aromatic carbocycles. The molecule has 1 aromatic heterocycles. The minimum absolute atomic E-state index is 0.0280. The fraction of sp³-hybridized carbons (Fsp3) is 0. The molecule has 2 nitrogen and oxygen atoms in total. The highest BCUT2D eigenvalue weighted by Gasteiger charge is 2.15.